The molecule has 0 aliphatic rings. The first-order valence-electron chi connectivity index (χ1n) is 8.12. The highest BCUT2D eigenvalue weighted by Gasteiger charge is 2.13. The summed E-state index contributed by atoms with van der Waals surface area (Å²) in [4.78, 5) is 4.68. The molecule has 4 rings (SSSR count). The number of hydrogen-bond donors (Lipinski definition) is 1. The largest absolute Gasteiger partial charge is 0.467 e. The summed E-state index contributed by atoms with van der Waals surface area (Å²) in [5.74, 6) is 2.01. The van der Waals surface area contributed by atoms with Crippen molar-refractivity contribution in [1.82, 2.24) is 15.2 Å². The smallest absolute Gasteiger partial charge is 0.183 e. The molecule has 2 aromatic carbocycles. The maximum absolute atomic E-state index is 5.99. The van der Waals surface area contributed by atoms with Crippen LogP contribution in [-0.4, -0.2) is 15.2 Å². The van der Waals surface area contributed by atoms with Gasteiger partial charge in [-0.25, -0.2) is 4.98 Å². The fraction of sp³-hybridized carbons (Fsp3) is 0.0500. The van der Waals surface area contributed by atoms with E-state index in [-0.39, 0.29) is 0 Å². The van der Waals surface area contributed by atoms with Gasteiger partial charge in [-0.2, -0.15) is 0 Å². The third-order valence-electron chi connectivity index (χ3n) is 3.85. The van der Waals surface area contributed by atoms with Gasteiger partial charge >= 0.3 is 0 Å². The van der Waals surface area contributed by atoms with E-state index in [1.54, 1.807) is 6.26 Å². The molecule has 0 fully saturated rings. The first-order chi connectivity index (χ1) is 12.8. The molecule has 26 heavy (non-hydrogen) atoms. The molecule has 2 heterocycles. The summed E-state index contributed by atoms with van der Waals surface area (Å²) in [6.07, 6.45) is 1.64. The van der Waals surface area contributed by atoms with E-state index in [1.807, 2.05) is 66.7 Å². The van der Waals surface area contributed by atoms with Crippen LogP contribution in [0.4, 0.5) is 5.82 Å². The van der Waals surface area contributed by atoms with Gasteiger partial charge in [-0.15, -0.1) is 10.2 Å². The van der Waals surface area contributed by atoms with Gasteiger partial charge in [0.25, 0.3) is 0 Å². The lowest BCUT2D eigenvalue weighted by molar-refractivity contribution is 0.518. The topological polar surface area (TPSA) is 63.8 Å². The summed E-state index contributed by atoms with van der Waals surface area (Å²) in [5, 5.41) is 12.7. The van der Waals surface area contributed by atoms with Crippen molar-refractivity contribution in [3.05, 3.63) is 83.8 Å². The molecule has 1 N–H and O–H groups in total. The average molecular weight is 363 g/mol. The van der Waals surface area contributed by atoms with E-state index >= 15 is 0 Å². The number of halogens is 1. The molecule has 0 bridgehead atoms. The predicted octanol–water partition coefficient (Wildman–Crippen LogP) is 5.06. The Balaban J connectivity index is 1.73. The summed E-state index contributed by atoms with van der Waals surface area (Å²) in [6, 6.07) is 20.9. The van der Waals surface area contributed by atoms with Gasteiger partial charge in [-0.05, 0) is 24.3 Å². The van der Waals surface area contributed by atoms with Crippen molar-refractivity contribution in [2.24, 2.45) is 0 Å². The molecular weight excluding hydrogens is 348 g/mol. The Hall–Kier alpha value is -3.18. The Morgan fingerprint density at radius 2 is 1.65 bits per heavy atom. The second kappa shape index (κ2) is 7.37. The summed E-state index contributed by atoms with van der Waals surface area (Å²) >= 11 is 5.99. The van der Waals surface area contributed by atoms with Crippen molar-refractivity contribution in [1.29, 1.82) is 0 Å². The molecule has 0 amide bonds. The second-order valence-corrected chi connectivity index (χ2v) is 6.07. The number of furan rings is 1. The Morgan fingerprint density at radius 3 is 2.38 bits per heavy atom. The lowest BCUT2D eigenvalue weighted by atomic mass is 10.1. The fourth-order valence-corrected chi connectivity index (χ4v) is 2.67. The lowest BCUT2D eigenvalue weighted by Gasteiger charge is -2.11. The number of hydrogen-bond acceptors (Lipinski definition) is 5. The van der Waals surface area contributed by atoms with Crippen LogP contribution in [0.1, 0.15) is 5.76 Å². The van der Waals surface area contributed by atoms with E-state index in [2.05, 4.69) is 20.5 Å². The Bertz CT molecular complexity index is 986. The molecule has 0 unspecified atom stereocenters. The number of anilines is 1. The van der Waals surface area contributed by atoms with Crippen molar-refractivity contribution >= 4 is 17.4 Å². The number of rotatable bonds is 5. The molecule has 0 spiro atoms. The van der Waals surface area contributed by atoms with Gasteiger partial charge in [0.05, 0.1) is 12.8 Å². The zero-order chi connectivity index (χ0) is 17.8. The van der Waals surface area contributed by atoms with Crippen LogP contribution in [0, 0.1) is 0 Å². The molecule has 6 heteroatoms. The molecule has 0 radical (unpaired) electrons. The molecule has 0 aliphatic carbocycles. The van der Waals surface area contributed by atoms with Crippen LogP contribution in [0.2, 0.25) is 5.02 Å². The third kappa shape index (κ3) is 3.58. The molecule has 0 saturated heterocycles. The van der Waals surface area contributed by atoms with Gasteiger partial charge in [0.15, 0.2) is 11.6 Å². The highest BCUT2D eigenvalue weighted by molar-refractivity contribution is 6.30. The molecule has 4 aromatic rings. The van der Waals surface area contributed by atoms with Crippen LogP contribution in [-0.2, 0) is 6.54 Å². The van der Waals surface area contributed by atoms with Crippen molar-refractivity contribution in [2.75, 3.05) is 5.32 Å². The van der Waals surface area contributed by atoms with E-state index in [0.717, 1.165) is 16.9 Å². The fourth-order valence-electron chi connectivity index (χ4n) is 2.54. The van der Waals surface area contributed by atoms with Crippen molar-refractivity contribution < 1.29 is 4.42 Å². The monoisotopic (exact) mass is 362 g/mol. The molecule has 5 nitrogen and oxygen atoms in total. The van der Waals surface area contributed by atoms with Crippen molar-refractivity contribution in [3.63, 3.8) is 0 Å². The molecule has 0 aliphatic heterocycles. The molecule has 0 saturated carbocycles. The first-order valence-corrected chi connectivity index (χ1v) is 8.50. The predicted molar refractivity (Wildman–Crippen MR) is 102 cm³/mol. The van der Waals surface area contributed by atoms with Crippen LogP contribution in [0.15, 0.2) is 77.4 Å². The van der Waals surface area contributed by atoms with Crippen LogP contribution >= 0.6 is 11.6 Å². The number of nitrogens with one attached hydrogen (secondary N) is 1. The number of nitrogens with zero attached hydrogens (tertiary/aromatic N) is 3. The van der Waals surface area contributed by atoms with Gasteiger partial charge in [-0.1, -0.05) is 54.1 Å². The Morgan fingerprint density at radius 1 is 0.846 bits per heavy atom. The molecular formula is C20H15ClN4O. The normalized spacial score (nSPS) is 10.7. The van der Waals surface area contributed by atoms with E-state index < -0.39 is 0 Å². The molecule has 2 aromatic heterocycles. The average Bonchev–Trinajstić information content (AvgIpc) is 3.21. The Kier molecular flexibility index (Phi) is 4.62. The maximum Gasteiger partial charge on any atom is 0.183 e. The first kappa shape index (κ1) is 16.3. The zero-order valence-electron chi connectivity index (χ0n) is 13.8. The highest BCUT2D eigenvalue weighted by Crippen LogP contribution is 2.27. The van der Waals surface area contributed by atoms with Gasteiger partial charge in [-0.3, -0.25) is 0 Å². The minimum atomic E-state index is 0.501. The number of benzene rings is 2. The van der Waals surface area contributed by atoms with E-state index in [4.69, 9.17) is 16.0 Å². The van der Waals surface area contributed by atoms with Crippen molar-refractivity contribution in [3.8, 4) is 22.6 Å². The summed E-state index contributed by atoms with van der Waals surface area (Å²) in [6.45, 7) is 0.501. The SMILES string of the molecule is Clc1ccc(-c2nnc(-c3ccccc3)nc2NCc2ccco2)cc1. The van der Waals surface area contributed by atoms with Crippen LogP contribution < -0.4 is 5.32 Å². The van der Waals surface area contributed by atoms with Crippen LogP contribution in [0.3, 0.4) is 0 Å². The zero-order valence-corrected chi connectivity index (χ0v) is 14.5. The van der Waals surface area contributed by atoms with Gasteiger partial charge in [0.1, 0.15) is 11.5 Å². The minimum absolute atomic E-state index is 0.501. The van der Waals surface area contributed by atoms with Gasteiger partial charge < -0.3 is 9.73 Å². The quantitative estimate of drug-likeness (QED) is 0.537. The van der Waals surface area contributed by atoms with Crippen molar-refractivity contribution in [2.45, 2.75) is 6.54 Å². The maximum atomic E-state index is 5.99. The second-order valence-electron chi connectivity index (χ2n) is 5.64. The summed E-state index contributed by atoms with van der Waals surface area (Å²) in [7, 11) is 0. The summed E-state index contributed by atoms with van der Waals surface area (Å²) < 4.78 is 5.39. The highest BCUT2D eigenvalue weighted by atomic mass is 35.5. The van der Waals surface area contributed by atoms with E-state index in [0.29, 0.717) is 28.9 Å². The number of aromatic nitrogens is 3. The lowest BCUT2D eigenvalue weighted by Crippen LogP contribution is -2.06. The molecule has 128 valence electrons. The summed E-state index contributed by atoms with van der Waals surface area (Å²) in [5.41, 5.74) is 2.45. The minimum Gasteiger partial charge on any atom is -0.467 e. The van der Waals surface area contributed by atoms with Gasteiger partial charge in [0.2, 0.25) is 0 Å². The van der Waals surface area contributed by atoms with Gasteiger partial charge in [0, 0.05) is 16.1 Å². The van der Waals surface area contributed by atoms with Crippen LogP contribution in [0.25, 0.3) is 22.6 Å². The molecule has 0 atom stereocenters. The standard InChI is InChI=1S/C20H15ClN4O/c21-16-10-8-14(9-11-16)18-20(22-13-17-7-4-12-26-17)23-19(25-24-18)15-5-2-1-3-6-15/h1-12H,13H2,(H,22,23,25). The third-order valence-corrected chi connectivity index (χ3v) is 4.10. The van der Waals surface area contributed by atoms with E-state index in [9.17, 15) is 0 Å². The van der Waals surface area contributed by atoms with E-state index in [1.165, 1.54) is 0 Å². The Labute approximate surface area is 155 Å². The van der Waals surface area contributed by atoms with Crippen LogP contribution in [0.5, 0.6) is 0 Å².